The number of carbonyl (C=O) groups excluding carboxylic acids is 1. The Kier molecular flexibility index (Phi) is 3.04. The van der Waals surface area contributed by atoms with Gasteiger partial charge in [0.2, 0.25) is 5.95 Å². The van der Waals surface area contributed by atoms with E-state index in [9.17, 15) is 13.6 Å². The van der Waals surface area contributed by atoms with Crippen molar-refractivity contribution in [1.82, 2.24) is 9.97 Å². The number of primary amides is 1. The third-order valence-corrected chi connectivity index (χ3v) is 3.51. The first-order chi connectivity index (χ1) is 10.00. The average molecular weight is 290 g/mol. The molecule has 1 saturated carbocycles. The third kappa shape index (κ3) is 2.54. The Balaban J connectivity index is 1.83. The van der Waals surface area contributed by atoms with E-state index < -0.39 is 23.1 Å². The van der Waals surface area contributed by atoms with E-state index in [1.807, 2.05) is 0 Å². The molecule has 0 bridgehead atoms. The van der Waals surface area contributed by atoms with E-state index in [1.165, 1.54) is 24.5 Å². The molecule has 108 valence electrons. The van der Waals surface area contributed by atoms with E-state index in [0.717, 1.165) is 18.9 Å². The molecule has 1 heterocycles. The van der Waals surface area contributed by atoms with Crippen LogP contribution in [0.15, 0.2) is 30.6 Å². The molecular weight excluding hydrogens is 278 g/mol. The smallest absolute Gasteiger partial charge is 0.251 e. The first kappa shape index (κ1) is 13.4. The van der Waals surface area contributed by atoms with E-state index in [4.69, 9.17) is 5.73 Å². The molecular formula is C14H12F2N4O. The van der Waals surface area contributed by atoms with Crippen LogP contribution in [0.5, 0.6) is 0 Å². The highest BCUT2D eigenvalue weighted by Gasteiger charge is 2.45. The fraction of sp³-hybridized carbons (Fsp3) is 0.214. The van der Waals surface area contributed by atoms with Gasteiger partial charge in [-0.1, -0.05) is 6.07 Å². The lowest BCUT2D eigenvalue weighted by Gasteiger charge is -2.18. The zero-order chi connectivity index (χ0) is 15.0. The van der Waals surface area contributed by atoms with Crippen LogP contribution >= 0.6 is 0 Å². The van der Waals surface area contributed by atoms with Gasteiger partial charge in [-0.15, -0.1) is 0 Å². The maximum Gasteiger partial charge on any atom is 0.251 e. The maximum absolute atomic E-state index is 13.3. The molecule has 7 heteroatoms. The van der Waals surface area contributed by atoms with Gasteiger partial charge in [-0.2, -0.15) is 0 Å². The average Bonchev–Trinajstić information content (AvgIpc) is 3.23. The minimum absolute atomic E-state index is 0.207. The highest BCUT2D eigenvalue weighted by molar-refractivity contribution is 5.92. The molecule has 0 unspecified atom stereocenters. The number of benzene rings is 1. The summed E-state index contributed by atoms with van der Waals surface area (Å²) in [5.74, 6) is -2.06. The van der Waals surface area contributed by atoms with Crippen LogP contribution in [0.25, 0.3) is 0 Å². The molecule has 0 atom stereocenters. The Hall–Kier alpha value is -2.57. The van der Waals surface area contributed by atoms with Crippen molar-refractivity contribution in [2.75, 3.05) is 5.32 Å². The van der Waals surface area contributed by atoms with Crippen LogP contribution in [0.4, 0.5) is 14.7 Å². The molecule has 5 nitrogen and oxygen atoms in total. The summed E-state index contributed by atoms with van der Waals surface area (Å²) in [7, 11) is 0. The van der Waals surface area contributed by atoms with Crippen LogP contribution in [-0.4, -0.2) is 15.9 Å². The topological polar surface area (TPSA) is 80.9 Å². The number of rotatable bonds is 4. The van der Waals surface area contributed by atoms with Gasteiger partial charge in [0, 0.05) is 12.4 Å². The van der Waals surface area contributed by atoms with Gasteiger partial charge >= 0.3 is 0 Å². The predicted molar refractivity (Wildman–Crippen MR) is 71.4 cm³/mol. The fourth-order valence-electron chi connectivity index (χ4n) is 2.14. The maximum atomic E-state index is 13.3. The number of hydrogen-bond acceptors (Lipinski definition) is 4. The zero-order valence-electron chi connectivity index (χ0n) is 10.9. The van der Waals surface area contributed by atoms with Gasteiger partial charge in [0.25, 0.3) is 5.91 Å². The van der Waals surface area contributed by atoms with Gasteiger partial charge in [0.05, 0.1) is 11.1 Å². The van der Waals surface area contributed by atoms with Crippen LogP contribution in [0.1, 0.15) is 28.8 Å². The second kappa shape index (κ2) is 4.76. The summed E-state index contributed by atoms with van der Waals surface area (Å²) < 4.78 is 26.3. The zero-order valence-corrected chi connectivity index (χ0v) is 10.9. The predicted octanol–water partition coefficient (Wildman–Crippen LogP) is 1.95. The molecule has 0 spiro atoms. The van der Waals surface area contributed by atoms with Crippen molar-refractivity contribution in [1.29, 1.82) is 0 Å². The highest BCUT2D eigenvalue weighted by Crippen LogP contribution is 2.47. The molecule has 21 heavy (non-hydrogen) atoms. The lowest BCUT2D eigenvalue weighted by molar-refractivity contribution is 0.0999. The molecule has 1 aromatic carbocycles. The van der Waals surface area contributed by atoms with Crippen molar-refractivity contribution in [3.8, 4) is 0 Å². The van der Waals surface area contributed by atoms with Gasteiger partial charge in [-0.05, 0) is 30.5 Å². The normalized spacial score (nSPS) is 15.5. The second-order valence-electron chi connectivity index (χ2n) is 5.00. The number of amides is 1. The molecule has 0 aliphatic heterocycles. The quantitative estimate of drug-likeness (QED) is 0.902. The monoisotopic (exact) mass is 290 g/mol. The summed E-state index contributed by atoms with van der Waals surface area (Å²) in [5, 5.41) is 3.10. The lowest BCUT2D eigenvalue weighted by Crippen LogP contribution is -2.21. The van der Waals surface area contributed by atoms with Gasteiger partial charge in [-0.3, -0.25) is 4.79 Å². The Morgan fingerprint density at radius 1 is 1.19 bits per heavy atom. The van der Waals surface area contributed by atoms with E-state index >= 15 is 0 Å². The van der Waals surface area contributed by atoms with E-state index in [2.05, 4.69) is 15.3 Å². The Morgan fingerprint density at radius 3 is 2.38 bits per heavy atom. The molecule has 2 aromatic rings. The SMILES string of the molecule is NC(=O)c1cnc(NC2(c3ccc(F)c(F)c3)CC2)nc1. The van der Waals surface area contributed by atoms with E-state index in [-0.39, 0.29) is 5.56 Å². The van der Waals surface area contributed by atoms with Crippen LogP contribution in [0.2, 0.25) is 0 Å². The molecule has 3 rings (SSSR count). The standard InChI is InChI=1S/C14H12F2N4O/c15-10-2-1-9(5-11(10)16)14(3-4-14)20-13-18-6-8(7-19-13)12(17)21/h1-2,5-7H,3-4H2,(H2,17,21)(H,18,19,20). The number of nitrogens with two attached hydrogens (primary N) is 1. The third-order valence-electron chi connectivity index (χ3n) is 3.51. The van der Waals surface area contributed by atoms with Gasteiger partial charge in [0.1, 0.15) is 0 Å². The number of anilines is 1. The Bertz CT molecular complexity index is 699. The van der Waals surface area contributed by atoms with Gasteiger partial charge in [-0.25, -0.2) is 18.7 Å². The molecule has 0 saturated heterocycles. The van der Waals surface area contributed by atoms with Crippen molar-refractivity contribution < 1.29 is 13.6 Å². The number of hydrogen-bond donors (Lipinski definition) is 2. The van der Waals surface area contributed by atoms with Crippen molar-refractivity contribution >= 4 is 11.9 Å². The highest BCUT2D eigenvalue weighted by atomic mass is 19.2. The number of aromatic nitrogens is 2. The summed E-state index contributed by atoms with van der Waals surface area (Å²) in [5.41, 5.74) is 5.47. The largest absolute Gasteiger partial charge is 0.366 e. The first-order valence-corrected chi connectivity index (χ1v) is 6.36. The lowest BCUT2D eigenvalue weighted by atomic mass is 10.0. The van der Waals surface area contributed by atoms with Crippen molar-refractivity contribution in [2.24, 2.45) is 5.73 Å². The minimum Gasteiger partial charge on any atom is -0.366 e. The van der Waals surface area contributed by atoms with Crippen LogP contribution in [-0.2, 0) is 5.54 Å². The van der Waals surface area contributed by atoms with Crippen LogP contribution < -0.4 is 11.1 Å². The van der Waals surface area contributed by atoms with Crippen LogP contribution in [0.3, 0.4) is 0 Å². The first-order valence-electron chi connectivity index (χ1n) is 6.36. The summed E-state index contributed by atoms with van der Waals surface area (Å²) in [6.07, 6.45) is 4.16. The molecule has 1 aliphatic carbocycles. The molecule has 1 aliphatic rings. The minimum atomic E-state index is -0.884. The summed E-state index contributed by atoms with van der Waals surface area (Å²) >= 11 is 0. The molecule has 1 amide bonds. The number of carbonyl (C=O) groups is 1. The van der Waals surface area contributed by atoms with E-state index in [0.29, 0.717) is 11.5 Å². The summed E-state index contributed by atoms with van der Waals surface area (Å²) in [6.45, 7) is 0. The molecule has 1 fully saturated rings. The fourth-order valence-corrected chi connectivity index (χ4v) is 2.14. The molecule has 3 N–H and O–H groups in total. The second-order valence-corrected chi connectivity index (χ2v) is 5.00. The van der Waals surface area contributed by atoms with Gasteiger partial charge in [0.15, 0.2) is 11.6 Å². The molecule has 1 aromatic heterocycles. The van der Waals surface area contributed by atoms with Crippen molar-refractivity contribution in [2.45, 2.75) is 18.4 Å². The Morgan fingerprint density at radius 2 is 1.86 bits per heavy atom. The van der Waals surface area contributed by atoms with Crippen molar-refractivity contribution in [3.05, 3.63) is 53.4 Å². The molecule has 0 radical (unpaired) electrons. The number of nitrogens with one attached hydrogen (secondary N) is 1. The van der Waals surface area contributed by atoms with E-state index in [1.54, 1.807) is 0 Å². The summed E-state index contributed by atoms with van der Waals surface area (Å²) in [4.78, 5) is 18.9. The Labute approximate surface area is 119 Å². The number of nitrogens with zero attached hydrogens (tertiary/aromatic N) is 2. The summed E-state index contributed by atoms with van der Waals surface area (Å²) in [6, 6.07) is 3.81. The van der Waals surface area contributed by atoms with Crippen molar-refractivity contribution in [3.63, 3.8) is 0 Å². The number of halogens is 2. The van der Waals surface area contributed by atoms with Crippen LogP contribution in [0, 0.1) is 11.6 Å². The van der Waals surface area contributed by atoms with Gasteiger partial charge < -0.3 is 11.1 Å².